The highest BCUT2D eigenvalue weighted by molar-refractivity contribution is 5.79. The first-order valence-electron chi connectivity index (χ1n) is 8.73. The number of methoxy groups -OCH3 is 2. The number of carbonyl (C=O) groups is 1. The molecule has 0 unspecified atom stereocenters. The lowest BCUT2D eigenvalue weighted by Gasteiger charge is -2.22. The van der Waals surface area contributed by atoms with E-state index < -0.39 is 0 Å². The van der Waals surface area contributed by atoms with Gasteiger partial charge in [0.1, 0.15) is 18.1 Å². The molecular formula is C21H23NO4. The molecule has 136 valence electrons. The SMILES string of the molecule is COc1cc(C=O)c(OCC2=C(c3ccccc3OC)CCCC2)cn1. The molecule has 3 rings (SSSR count). The third kappa shape index (κ3) is 3.87. The van der Waals surface area contributed by atoms with Gasteiger partial charge in [0.25, 0.3) is 0 Å². The Balaban J connectivity index is 1.87. The second kappa shape index (κ2) is 8.52. The first kappa shape index (κ1) is 18.0. The van der Waals surface area contributed by atoms with Crippen LogP contribution in [-0.2, 0) is 0 Å². The maximum Gasteiger partial charge on any atom is 0.213 e. The molecular weight excluding hydrogens is 330 g/mol. The predicted octanol–water partition coefficient (Wildman–Crippen LogP) is 4.32. The van der Waals surface area contributed by atoms with Crippen LogP contribution < -0.4 is 14.2 Å². The molecule has 0 aliphatic heterocycles. The molecule has 1 aromatic carbocycles. The van der Waals surface area contributed by atoms with Crippen LogP contribution in [0, 0.1) is 0 Å². The highest BCUT2D eigenvalue weighted by atomic mass is 16.5. The van der Waals surface area contributed by atoms with Crippen molar-refractivity contribution in [3.05, 3.63) is 53.2 Å². The number of pyridine rings is 1. The molecule has 1 aliphatic carbocycles. The molecule has 2 aromatic rings. The molecule has 5 heteroatoms. The van der Waals surface area contributed by atoms with Gasteiger partial charge < -0.3 is 14.2 Å². The average molecular weight is 353 g/mol. The summed E-state index contributed by atoms with van der Waals surface area (Å²) in [6.07, 6.45) is 6.57. The van der Waals surface area contributed by atoms with Crippen molar-refractivity contribution >= 4 is 11.9 Å². The Bertz CT molecular complexity index is 813. The van der Waals surface area contributed by atoms with E-state index in [9.17, 15) is 4.79 Å². The third-order valence-corrected chi connectivity index (χ3v) is 4.62. The van der Waals surface area contributed by atoms with E-state index in [4.69, 9.17) is 14.2 Å². The Labute approximate surface area is 153 Å². The van der Waals surface area contributed by atoms with Gasteiger partial charge in [-0.15, -0.1) is 0 Å². The average Bonchev–Trinajstić information content (AvgIpc) is 2.72. The van der Waals surface area contributed by atoms with Gasteiger partial charge in [-0.1, -0.05) is 18.2 Å². The van der Waals surface area contributed by atoms with Gasteiger partial charge in [-0.2, -0.15) is 0 Å². The smallest absolute Gasteiger partial charge is 0.213 e. The Morgan fingerprint density at radius 3 is 2.65 bits per heavy atom. The molecule has 0 saturated heterocycles. The van der Waals surface area contributed by atoms with E-state index in [2.05, 4.69) is 11.1 Å². The number of hydrogen-bond donors (Lipinski definition) is 0. The molecule has 0 saturated carbocycles. The first-order chi connectivity index (χ1) is 12.8. The normalized spacial score (nSPS) is 14.1. The number of aromatic nitrogens is 1. The summed E-state index contributed by atoms with van der Waals surface area (Å²) in [5.41, 5.74) is 4.08. The molecule has 1 aliphatic rings. The molecule has 0 fully saturated rings. The number of benzene rings is 1. The fourth-order valence-electron chi connectivity index (χ4n) is 3.27. The van der Waals surface area contributed by atoms with Gasteiger partial charge in [-0.3, -0.25) is 4.79 Å². The number of allylic oxidation sites excluding steroid dienone is 1. The maximum atomic E-state index is 11.3. The van der Waals surface area contributed by atoms with Crippen molar-refractivity contribution in [2.45, 2.75) is 25.7 Å². The van der Waals surface area contributed by atoms with Crippen LogP contribution in [0.1, 0.15) is 41.6 Å². The first-order valence-corrected chi connectivity index (χ1v) is 8.73. The summed E-state index contributed by atoms with van der Waals surface area (Å²) in [4.78, 5) is 15.5. The van der Waals surface area contributed by atoms with Crippen LogP contribution >= 0.6 is 0 Å². The summed E-state index contributed by atoms with van der Waals surface area (Å²) in [5.74, 6) is 1.74. The summed E-state index contributed by atoms with van der Waals surface area (Å²) in [7, 11) is 3.21. The lowest BCUT2D eigenvalue weighted by molar-refractivity contribution is 0.111. The highest BCUT2D eigenvalue weighted by Crippen LogP contribution is 2.37. The molecule has 1 heterocycles. The van der Waals surface area contributed by atoms with Crippen molar-refractivity contribution in [1.82, 2.24) is 4.98 Å². The van der Waals surface area contributed by atoms with Crippen molar-refractivity contribution in [1.29, 1.82) is 0 Å². The molecule has 0 atom stereocenters. The number of aldehydes is 1. The Kier molecular flexibility index (Phi) is 5.89. The number of hydrogen-bond acceptors (Lipinski definition) is 5. The summed E-state index contributed by atoms with van der Waals surface area (Å²) < 4.78 is 16.5. The minimum Gasteiger partial charge on any atom is -0.496 e. The number of ether oxygens (including phenoxy) is 3. The van der Waals surface area contributed by atoms with Crippen LogP contribution in [0.15, 0.2) is 42.1 Å². The van der Waals surface area contributed by atoms with Crippen molar-refractivity contribution in [3.8, 4) is 17.4 Å². The molecule has 26 heavy (non-hydrogen) atoms. The molecule has 0 N–H and O–H groups in total. The van der Waals surface area contributed by atoms with Crippen molar-refractivity contribution in [2.75, 3.05) is 20.8 Å². The Hall–Kier alpha value is -2.82. The van der Waals surface area contributed by atoms with Crippen LogP contribution in [0.2, 0.25) is 0 Å². The zero-order chi connectivity index (χ0) is 18.4. The summed E-state index contributed by atoms with van der Waals surface area (Å²) >= 11 is 0. The molecule has 0 spiro atoms. The fourth-order valence-corrected chi connectivity index (χ4v) is 3.27. The van der Waals surface area contributed by atoms with Crippen LogP contribution in [-0.4, -0.2) is 32.1 Å². The zero-order valence-corrected chi connectivity index (χ0v) is 15.2. The van der Waals surface area contributed by atoms with Gasteiger partial charge in [0.05, 0.1) is 26.0 Å². The van der Waals surface area contributed by atoms with Gasteiger partial charge in [-0.25, -0.2) is 4.98 Å². The predicted molar refractivity (Wildman–Crippen MR) is 100 cm³/mol. The second-order valence-corrected chi connectivity index (χ2v) is 6.16. The monoisotopic (exact) mass is 353 g/mol. The van der Waals surface area contributed by atoms with E-state index in [1.165, 1.54) is 24.5 Å². The molecule has 0 radical (unpaired) electrons. The fraction of sp³-hybridized carbons (Fsp3) is 0.333. The van der Waals surface area contributed by atoms with E-state index in [-0.39, 0.29) is 0 Å². The van der Waals surface area contributed by atoms with Crippen molar-refractivity contribution in [3.63, 3.8) is 0 Å². The third-order valence-electron chi connectivity index (χ3n) is 4.62. The molecule has 0 bridgehead atoms. The van der Waals surface area contributed by atoms with E-state index in [1.807, 2.05) is 18.2 Å². The minimum atomic E-state index is 0.394. The summed E-state index contributed by atoms with van der Waals surface area (Å²) in [5, 5.41) is 0. The summed E-state index contributed by atoms with van der Waals surface area (Å²) in [6, 6.07) is 9.65. The topological polar surface area (TPSA) is 57.7 Å². The number of nitrogens with zero attached hydrogens (tertiary/aromatic N) is 1. The number of carbonyl (C=O) groups excluding carboxylic acids is 1. The van der Waals surface area contributed by atoms with Crippen LogP contribution in [0.25, 0.3) is 5.57 Å². The molecule has 5 nitrogen and oxygen atoms in total. The van der Waals surface area contributed by atoms with E-state index >= 15 is 0 Å². The quantitative estimate of drug-likeness (QED) is 0.694. The van der Waals surface area contributed by atoms with Gasteiger partial charge in [-0.05, 0) is 42.9 Å². The molecule has 1 aromatic heterocycles. The van der Waals surface area contributed by atoms with Gasteiger partial charge in [0.2, 0.25) is 5.88 Å². The highest BCUT2D eigenvalue weighted by Gasteiger charge is 2.18. The van der Waals surface area contributed by atoms with E-state index in [0.717, 1.165) is 43.3 Å². The maximum absolute atomic E-state index is 11.3. The van der Waals surface area contributed by atoms with Gasteiger partial charge in [0.15, 0.2) is 6.29 Å². The van der Waals surface area contributed by atoms with E-state index in [0.29, 0.717) is 23.8 Å². The second-order valence-electron chi connectivity index (χ2n) is 6.16. The number of para-hydroxylation sites is 1. The van der Waals surface area contributed by atoms with E-state index in [1.54, 1.807) is 13.2 Å². The van der Waals surface area contributed by atoms with Crippen LogP contribution in [0.3, 0.4) is 0 Å². The molecule has 0 amide bonds. The van der Waals surface area contributed by atoms with Crippen LogP contribution in [0.5, 0.6) is 17.4 Å². The lowest BCUT2D eigenvalue weighted by atomic mass is 9.87. The summed E-state index contributed by atoms with van der Waals surface area (Å²) in [6.45, 7) is 0.433. The lowest BCUT2D eigenvalue weighted by Crippen LogP contribution is -2.10. The zero-order valence-electron chi connectivity index (χ0n) is 15.2. The Morgan fingerprint density at radius 2 is 1.88 bits per heavy atom. The van der Waals surface area contributed by atoms with Crippen molar-refractivity contribution < 1.29 is 19.0 Å². The van der Waals surface area contributed by atoms with Crippen LogP contribution in [0.4, 0.5) is 0 Å². The van der Waals surface area contributed by atoms with Crippen molar-refractivity contribution in [2.24, 2.45) is 0 Å². The number of rotatable bonds is 7. The van der Waals surface area contributed by atoms with Gasteiger partial charge >= 0.3 is 0 Å². The standard InChI is InChI=1S/C21H23NO4/c1-24-19-10-6-5-9-18(19)17-8-4-3-7-15(17)14-26-20-12-22-21(25-2)11-16(20)13-23/h5-6,9-13H,3-4,7-8,14H2,1-2H3. The minimum absolute atomic E-state index is 0.394. The van der Waals surface area contributed by atoms with Gasteiger partial charge in [0, 0.05) is 11.6 Å². The Morgan fingerprint density at radius 1 is 1.08 bits per heavy atom. The largest absolute Gasteiger partial charge is 0.496 e.